The lowest BCUT2D eigenvalue weighted by Crippen LogP contribution is -2.48. The zero-order chi connectivity index (χ0) is 24.7. The van der Waals surface area contributed by atoms with Crippen molar-refractivity contribution >= 4 is 17.4 Å². The molecular formula is C28H28N4O3S. The number of benzene rings is 3. The van der Waals surface area contributed by atoms with Crippen LogP contribution in [-0.4, -0.2) is 58.4 Å². The number of nitrogens with zero attached hydrogens (tertiary/aromatic N) is 4. The normalized spacial score (nSPS) is 14.0. The number of hydrogen-bond acceptors (Lipinski definition) is 7. The Morgan fingerprint density at radius 1 is 0.889 bits per heavy atom. The summed E-state index contributed by atoms with van der Waals surface area (Å²) in [5.74, 6) is 2.09. The van der Waals surface area contributed by atoms with Gasteiger partial charge in [-0.3, -0.25) is 9.69 Å². The summed E-state index contributed by atoms with van der Waals surface area (Å²) in [5.41, 5.74) is 2.98. The number of carbonyl (C=O) groups is 1. The molecule has 1 aliphatic heterocycles. The maximum absolute atomic E-state index is 13.1. The van der Waals surface area contributed by atoms with Gasteiger partial charge in [0.15, 0.2) is 5.82 Å². The van der Waals surface area contributed by atoms with Crippen molar-refractivity contribution in [1.29, 1.82) is 0 Å². The Morgan fingerprint density at radius 2 is 1.64 bits per heavy atom. The van der Waals surface area contributed by atoms with Gasteiger partial charge in [-0.25, -0.2) is 0 Å². The van der Waals surface area contributed by atoms with Crippen molar-refractivity contribution in [2.24, 2.45) is 0 Å². The first kappa shape index (κ1) is 24.0. The Labute approximate surface area is 215 Å². The highest BCUT2D eigenvalue weighted by Gasteiger charge is 2.22. The van der Waals surface area contributed by atoms with E-state index in [2.05, 4.69) is 38.5 Å². The summed E-state index contributed by atoms with van der Waals surface area (Å²) >= 11 is 1.20. The van der Waals surface area contributed by atoms with E-state index in [-0.39, 0.29) is 5.91 Å². The van der Waals surface area contributed by atoms with E-state index in [1.54, 1.807) is 13.2 Å². The number of hydrogen-bond donors (Lipinski definition) is 0. The van der Waals surface area contributed by atoms with Crippen LogP contribution in [0.25, 0.3) is 0 Å². The summed E-state index contributed by atoms with van der Waals surface area (Å²) in [5, 5.41) is 0.451. The summed E-state index contributed by atoms with van der Waals surface area (Å²) in [6.07, 6.45) is 0.589. The van der Waals surface area contributed by atoms with Crippen LogP contribution >= 0.6 is 11.5 Å². The van der Waals surface area contributed by atoms with Crippen LogP contribution < -0.4 is 9.47 Å². The van der Waals surface area contributed by atoms with E-state index in [0.29, 0.717) is 41.8 Å². The number of methoxy groups -OCH3 is 1. The maximum Gasteiger partial charge on any atom is 0.298 e. The van der Waals surface area contributed by atoms with E-state index in [1.165, 1.54) is 17.1 Å². The predicted octanol–water partition coefficient (Wildman–Crippen LogP) is 4.89. The fraction of sp³-hybridized carbons (Fsp3) is 0.250. The molecule has 3 aromatic carbocycles. The molecule has 1 aliphatic rings. The lowest BCUT2D eigenvalue weighted by atomic mass is 10.1. The fourth-order valence-electron chi connectivity index (χ4n) is 4.24. The quantitative estimate of drug-likeness (QED) is 0.343. The van der Waals surface area contributed by atoms with Gasteiger partial charge < -0.3 is 14.4 Å². The topological polar surface area (TPSA) is 67.8 Å². The van der Waals surface area contributed by atoms with Crippen molar-refractivity contribution in [2.75, 3.05) is 33.3 Å². The van der Waals surface area contributed by atoms with Crippen molar-refractivity contribution in [3.05, 3.63) is 101 Å². The minimum absolute atomic E-state index is 0.0239. The monoisotopic (exact) mass is 500 g/mol. The van der Waals surface area contributed by atoms with Gasteiger partial charge in [0, 0.05) is 56.2 Å². The number of carbonyl (C=O) groups excluding carboxylic acids is 1. The molecule has 184 valence electrons. The van der Waals surface area contributed by atoms with Crippen LogP contribution in [0.3, 0.4) is 0 Å². The van der Waals surface area contributed by atoms with Crippen molar-refractivity contribution < 1.29 is 14.3 Å². The molecule has 0 atom stereocenters. The van der Waals surface area contributed by atoms with Crippen molar-refractivity contribution in [3.63, 3.8) is 0 Å². The first-order chi connectivity index (χ1) is 17.7. The molecule has 0 spiro atoms. The standard InChI is InChI=1S/C28H28N4O3S/c1-34-24-11-5-9-22(17-24)18-26-29-28(36-30-26)35-25-12-6-10-23(19-25)27(33)32-15-13-31(14-16-32)20-21-7-3-2-4-8-21/h2-12,17,19H,13-16,18,20H2,1H3. The average Bonchev–Trinajstić information content (AvgIpc) is 3.36. The lowest BCUT2D eigenvalue weighted by molar-refractivity contribution is 0.0628. The van der Waals surface area contributed by atoms with Gasteiger partial charge in [-0.05, 0) is 41.5 Å². The van der Waals surface area contributed by atoms with Gasteiger partial charge in [0.1, 0.15) is 11.5 Å². The highest BCUT2D eigenvalue weighted by Crippen LogP contribution is 2.26. The van der Waals surface area contributed by atoms with E-state index in [4.69, 9.17) is 9.47 Å². The summed E-state index contributed by atoms with van der Waals surface area (Å²) in [6.45, 7) is 4.05. The second-order valence-electron chi connectivity index (χ2n) is 8.69. The Bertz CT molecular complexity index is 1300. The van der Waals surface area contributed by atoms with E-state index in [1.807, 2.05) is 53.4 Å². The van der Waals surface area contributed by atoms with E-state index in [9.17, 15) is 4.79 Å². The van der Waals surface area contributed by atoms with Crippen molar-refractivity contribution in [2.45, 2.75) is 13.0 Å². The Morgan fingerprint density at radius 3 is 2.44 bits per heavy atom. The van der Waals surface area contributed by atoms with Gasteiger partial charge in [0.2, 0.25) is 0 Å². The molecule has 1 saturated heterocycles. The molecule has 0 radical (unpaired) electrons. The van der Waals surface area contributed by atoms with Crippen LogP contribution in [0, 0.1) is 0 Å². The van der Waals surface area contributed by atoms with E-state index < -0.39 is 0 Å². The molecule has 7 nitrogen and oxygen atoms in total. The summed E-state index contributed by atoms with van der Waals surface area (Å²) in [6, 6.07) is 25.6. The maximum atomic E-state index is 13.1. The van der Waals surface area contributed by atoms with E-state index in [0.717, 1.165) is 30.9 Å². The third-order valence-corrected chi connectivity index (χ3v) is 6.77. The van der Waals surface area contributed by atoms with Crippen LogP contribution in [0.4, 0.5) is 0 Å². The molecular weight excluding hydrogens is 472 g/mol. The number of piperazine rings is 1. The smallest absolute Gasteiger partial charge is 0.298 e. The Balaban J connectivity index is 1.17. The van der Waals surface area contributed by atoms with Gasteiger partial charge in [-0.1, -0.05) is 48.5 Å². The highest BCUT2D eigenvalue weighted by atomic mass is 32.1. The highest BCUT2D eigenvalue weighted by molar-refractivity contribution is 7.07. The van der Waals surface area contributed by atoms with Crippen LogP contribution in [0.5, 0.6) is 16.7 Å². The van der Waals surface area contributed by atoms with Crippen LogP contribution in [0.2, 0.25) is 0 Å². The van der Waals surface area contributed by atoms with Gasteiger partial charge >= 0.3 is 0 Å². The number of aromatic nitrogens is 2. The third-order valence-electron chi connectivity index (χ3n) is 6.14. The third kappa shape index (κ3) is 6.08. The minimum Gasteiger partial charge on any atom is -0.497 e. The Kier molecular flexibility index (Phi) is 7.54. The second-order valence-corrected chi connectivity index (χ2v) is 9.40. The molecule has 4 aromatic rings. The van der Waals surface area contributed by atoms with Crippen LogP contribution in [-0.2, 0) is 13.0 Å². The first-order valence-corrected chi connectivity index (χ1v) is 12.7. The molecule has 8 heteroatoms. The molecule has 0 aliphatic carbocycles. The molecule has 1 fully saturated rings. The van der Waals surface area contributed by atoms with Crippen LogP contribution in [0.1, 0.15) is 27.3 Å². The van der Waals surface area contributed by atoms with Crippen LogP contribution in [0.15, 0.2) is 78.9 Å². The van der Waals surface area contributed by atoms with Gasteiger partial charge in [-0.2, -0.15) is 9.36 Å². The zero-order valence-corrected chi connectivity index (χ0v) is 21.0. The molecule has 0 unspecified atom stereocenters. The average molecular weight is 501 g/mol. The minimum atomic E-state index is 0.0239. The lowest BCUT2D eigenvalue weighted by Gasteiger charge is -2.34. The molecule has 1 aromatic heterocycles. The summed E-state index contributed by atoms with van der Waals surface area (Å²) in [7, 11) is 1.65. The largest absolute Gasteiger partial charge is 0.497 e. The van der Waals surface area contributed by atoms with E-state index >= 15 is 0 Å². The number of rotatable bonds is 8. The summed E-state index contributed by atoms with van der Waals surface area (Å²) < 4.78 is 15.6. The molecule has 5 rings (SSSR count). The first-order valence-electron chi connectivity index (χ1n) is 12.0. The van der Waals surface area contributed by atoms with Crippen molar-refractivity contribution in [1.82, 2.24) is 19.2 Å². The van der Waals surface area contributed by atoms with Gasteiger partial charge in [0.25, 0.3) is 11.1 Å². The van der Waals surface area contributed by atoms with Gasteiger partial charge in [-0.15, -0.1) is 0 Å². The van der Waals surface area contributed by atoms with Gasteiger partial charge in [0.05, 0.1) is 7.11 Å². The predicted molar refractivity (Wildman–Crippen MR) is 140 cm³/mol. The molecule has 2 heterocycles. The molecule has 0 bridgehead atoms. The molecule has 1 amide bonds. The second kappa shape index (κ2) is 11.3. The zero-order valence-electron chi connectivity index (χ0n) is 20.2. The molecule has 0 saturated carbocycles. The summed E-state index contributed by atoms with van der Waals surface area (Å²) in [4.78, 5) is 22.0. The Hall–Kier alpha value is -3.75. The number of ether oxygens (including phenoxy) is 2. The van der Waals surface area contributed by atoms with Crippen molar-refractivity contribution in [3.8, 4) is 16.7 Å². The number of amides is 1. The fourth-order valence-corrected chi connectivity index (χ4v) is 4.81. The SMILES string of the molecule is COc1cccc(Cc2nsc(Oc3cccc(C(=O)N4CCN(Cc5ccccc5)CC4)c3)n2)c1. The molecule has 0 N–H and O–H groups in total. The molecule has 36 heavy (non-hydrogen) atoms.